The first-order valence-electron chi connectivity index (χ1n) is 13.0. The van der Waals surface area contributed by atoms with E-state index in [4.69, 9.17) is 5.73 Å². The molecule has 2 N–H and O–H groups in total. The fraction of sp³-hybridized carbons (Fsp3) is 0.714. The summed E-state index contributed by atoms with van der Waals surface area (Å²) >= 11 is 0. The van der Waals surface area contributed by atoms with Crippen LogP contribution in [0.3, 0.4) is 0 Å². The van der Waals surface area contributed by atoms with Crippen LogP contribution in [0.4, 0.5) is 0 Å². The maximum Gasteiger partial charge on any atom is 0.248 e. The maximum atomic E-state index is 12.8. The molecule has 3 nitrogen and oxygen atoms in total. The number of carbonyl (C=O) groups excluding carboxylic acids is 2. The summed E-state index contributed by atoms with van der Waals surface area (Å²) in [6.45, 7) is 2.24. The number of amides is 1. The first kappa shape index (κ1) is 22.6. The first-order valence-corrected chi connectivity index (χ1v) is 13.0. The Morgan fingerprint density at radius 3 is 2.58 bits per heavy atom. The van der Waals surface area contributed by atoms with Gasteiger partial charge in [0, 0.05) is 23.8 Å². The monoisotopic (exact) mass is 423 g/mol. The van der Waals surface area contributed by atoms with Crippen LogP contribution in [0.5, 0.6) is 0 Å². The molecule has 0 bridgehead atoms. The van der Waals surface area contributed by atoms with E-state index in [0.717, 1.165) is 38.0 Å². The van der Waals surface area contributed by atoms with Crippen molar-refractivity contribution in [1.29, 1.82) is 0 Å². The van der Waals surface area contributed by atoms with Gasteiger partial charge in [0.25, 0.3) is 0 Å². The van der Waals surface area contributed by atoms with Crippen LogP contribution in [-0.4, -0.2) is 11.7 Å². The summed E-state index contributed by atoms with van der Waals surface area (Å²) in [6, 6.07) is 6.07. The smallest absolute Gasteiger partial charge is 0.248 e. The molecule has 2 saturated carbocycles. The molecule has 3 aliphatic rings. The second-order valence-corrected chi connectivity index (χ2v) is 10.7. The fourth-order valence-electron chi connectivity index (χ4n) is 7.10. The second kappa shape index (κ2) is 9.88. The summed E-state index contributed by atoms with van der Waals surface area (Å²) in [5.41, 5.74) is 8.77. The molecule has 0 saturated heterocycles. The van der Waals surface area contributed by atoms with Crippen molar-refractivity contribution in [3.63, 3.8) is 0 Å². The molecule has 170 valence electrons. The van der Waals surface area contributed by atoms with E-state index < -0.39 is 0 Å². The van der Waals surface area contributed by atoms with Gasteiger partial charge in [-0.1, -0.05) is 70.8 Å². The van der Waals surface area contributed by atoms with Gasteiger partial charge in [0.15, 0.2) is 0 Å². The van der Waals surface area contributed by atoms with Crippen LogP contribution in [0.2, 0.25) is 0 Å². The number of aryl methyl sites for hydroxylation is 1. The standard InChI is InChI=1S/C28H41NO2/c1-2-17-28-19-24(30)15-16-25(28)21(10-5-3-4-7-20-8-6-9-20)11-12-22-13-14-23(27(29)31)18-26(22)28/h13-14,18,20-21,25H,2-12,15-17,19H2,1H3,(H2,29,31). The van der Waals surface area contributed by atoms with E-state index in [9.17, 15) is 9.59 Å². The van der Waals surface area contributed by atoms with Crippen LogP contribution in [0, 0.1) is 17.8 Å². The molecular formula is C28H41NO2. The van der Waals surface area contributed by atoms with Crippen molar-refractivity contribution in [2.24, 2.45) is 23.5 Å². The summed E-state index contributed by atoms with van der Waals surface area (Å²) in [6.07, 6.45) is 18.0. The third kappa shape index (κ3) is 4.76. The van der Waals surface area contributed by atoms with Gasteiger partial charge in [-0.05, 0) is 66.7 Å². The molecule has 3 heteroatoms. The van der Waals surface area contributed by atoms with Crippen LogP contribution < -0.4 is 5.73 Å². The van der Waals surface area contributed by atoms with Crippen LogP contribution in [0.25, 0.3) is 0 Å². The van der Waals surface area contributed by atoms with Crippen molar-refractivity contribution < 1.29 is 9.59 Å². The molecule has 0 spiro atoms. The number of unbranched alkanes of at least 4 members (excludes halogenated alkanes) is 2. The number of carbonyl (C=O) groups is 2. The van der Waals surface area contributed by atoms with Gasteiger partial charge in [-0.3, -0.25) is 9.59 Å². The van der Waals surface area contributed by atoms with Crippen molar-refractivity contribution in [3.05, 3.63) is 34.9 Å². The quantitative estimate of drug-likeness (QED) is 0.460. The number of hydrogen-bond donors (Lipinski definition) is 1. The molecule has 1 amide bonds. The Balaban J connectivity index is 1.56. The van der Waals surface area contributed by atoms with E-state index >= 15 is 0 Å². The topological polar surface area (TPSA) is 60.2 Å². The number of ketones is 1. The van der Waals surface area contributed by atoms with E-state index in [1.807, 2.05) is 6.07 Å². The predicted octanol–water partition coefficient (Wildman–Crippen LogP) is 6.51. The van der Waals surface area contributed by atoms with Crippen molar-refractivity contribution >= 4 is 11.7 Å². The molecule has 1 aromatic carbocycles. The van der Waals surface area contributed by atoms with Crippen LogP contribution in [-0.2, 0) is 16.6 Å². The first-order chi connectivity index (χ1) is 15.0. The lowest BCUT2D eigenvalue weighted by Crippen LogP contribution is -2.44. The Bertz CT molecular complexity index is 796. The Hall–Kier alpha value is -1.64. The lowest BCUT2D eigenvalue weighted by molar-refractivity contribution is -0.124. The van der Waals surface area contributed by atoms with Gasteiger partial charge in [-0.15, -0.1) is 0 Å². The molecule has 0 aromatic heterocycles. The van der Waals surface area contributed by atoms with Crippen LogP contribution in [0.15, 0.2) is 18.2 Å². The number of fused-ring (bicyclic) bond motifs is 3. The third-order valence-corrected chi connectivity index (χ3v) is 8.85. The van der Waals surface area contributed by atoms with Crippen LogP contribution in [0.1, 0.15) is 118 Å². The van der Waals surface area contributed by atoms with Crippen molar-refractivity contribution in [1.82, 2.24) is 0 Å². The van der Waals surface area contributed by atoms with Gasteiger partial charge in [-0.25, -0.2) is 0 Å². The van der Waals surface area contributed by atoms with Crippen molar-refractivity contribution in [2.45, 2.75) is 109 Å². The fourth-order valence-corrected chi connectivity index (χ4v) is 7.10. The average Bonchev–Trinajstić information content (AvgIpc) is 2.84. The predicted molar refractivity (Wildman–Crippen MR) is 126 cm³/mol. The molecule has 0 heterocycles. The Morgan fingerprint density at radius 1 is 1.06 bits per heavy atom. The van der Waals surface area contributed by atoms with Crippen molar-refractivity contribution in [3.8, 4) is 0 Å². The van der Waals surface area contributed by atoms with Crippen molar-refractivity contribution in [2.75, 3.05) is 0 Å². The number of nitrogens with two attached hydrogens (primary N) is 1. The zero-order valence-corrected chi connectivity index (χ0v) is 19.5. The number of hydrogen-bond acceptors (Lipinski definition) is 2. The zero-order valence-electron chi connectivity index (χ0n) is 19.5. The Kier molecular flexibility index (Phi) is 7.19. The molecule has 2 fully saturated rings. The zero-order chi connectivity index (χ0) is 21.8. The van der Waals surface area contributed by atoms with Crippen LogP contribution >= 0.6 is 0 Å². The van der Waals surface area contributed by atoms with Gasteiger partial charge in [0.2, 0.25) is 5.91 Å². The highest BCUT2D eigenvalue weighted by molar-refractivity contribution is 5.93. The maximum absolute atomic E-state index is 12.8. The van der Waals surface area contributed by atoms with Gasteiger partial charge >= 0.3 is 0 Å². The van der Waals surface area contributed by atoms with E-state index in [1.54, 1.807) is 0 Å². The molecule has 1 aromatic rings. The molecule has 3 atom stereocenters. The Morgan fingerprint density at radius 2 is 1.87 bits per heavy atom. The highest BCUT2D eigenvalue weighted by atomic mass is 16.1. The average molecular weight is 424 g/mol. The normalized spacial score (nSPS) is 28.4. The lowest BCUT2D eigenvalue weighted by Gasteiger charge is -2.47. The van der Waals surface area contributed by atoms with Gasteiger partial charge in [0.1, 0.15) is 5.78 Å². The molecule has 4 rings (SSSR count). The third-order valence-electron chi connectivity index (χ3n) is 8.85. The molecule has 3 unspecified atom stereocenters. The Labute approximate surface area is 188 Å². The van der Waals surface area contributed by atoms with E-state index in [-0.39, 0.29) is 11.3 Å². The minimum atomic E-state index is -0.361. The van der Waals surface area contributed by atoms with Gasteiger partial charge in [0.05, 0.1) is 0 Å². The number of benzene rings is 1. The largest absolute Gasteiger partial charge is 0.366 e. The van der Waals surface area contributed by atoms with Gasteiger partial charge in [-0.2, -0.15) is 0 Å². The SMILES string of the molecule is CCCC12CC(=O)CCC1C(CCCCCC1CCC1)CCc1ccc(C(N)=O)cc12. The number of rotatable bonds is 9. The van der Waals surface area contributed by atoms with Gasteiger partial charge < -0.3 is 5.73 Å². The second-order valence-electron chi connectivity index (χ2n) is 10.7. The highest BCUT2D eigenvalue weighted by Crippen LogP contribution is 2.54. The number of primary amides is 1. The minimum absolute atomic E-state index is 0.0992. The highest BCUT2D eigenvalue weighted by Gasteiger charge is 2.49. The molecule has 0 radical (unpaired) electrons. The van der Waals surface area contributed by atoms with E-state index in [0.29, 0.717) is 29.6 Å². The number of Topliss-reactive ketones (excluding diaryl/α,β-unsaturated/α-hetero) is 1. The summed E-state index contributed by atoms with van der Waals surface area (Å²) in [5.74, 6) is 2.31. The summed E-state index contributed by atoms with van der Waals surface area (Å²) in [7, 11) is 0. The van der Waals surface area contributed by atoms with E-state index in [1.165, 1.54) is 68.9 Å². The summed E-state index contributed by atoms with van der Waals surface area (Å²) < 4.78 is 0. The molecule has 31 heavy (non-hydrogen) atoms. The summed E-state index contributed by atoms with van der Waals surface area (Å²) in [5, 5.41) is 0. The minimum Gasteiger partial charge on any atom is -0.366 e. The van der Waals surface area contributed by atoms with E-state index in [2.05, 4.69) is 19.1 Å². The lowest BCUT2D eigenvalue weighted by atomic mass is 9.56. The summed E-state index contributed by atoms with van der Waals surface area (Å²) in [4.78, 5) is 24.7. The molecule has 0 aliphatic heterocycles. The molecular weight excluding hydrogens is 382 g/mol. The molecule has 3 aliphatic carbocycles.